The van der Waals surface area contributed by atoms with Crippen LogP contribution < -0.4 is 5.32 Å². The monoisotopic (exact) mass is 238 g/mol. The molecule has 0 spiro atoms. The van der Waals surface area contributed by atoms with Crippen LogP contribution in [0.1, 0.15) is 39.5 Å². The van der Waals surface area contributed by atoms with E-state index in [-0.39, 0.29) is 30.3 Å². The van der Waals surface area contributed by atoms with Crippen LogP contribution in [-0.4, -0.2) is 35.8 Å². The Balaban J connectivity index is 1.92. The van der Waals surface area contributed by atoms with Crippen LogP contribution >= 0.6 is 0 Å². The first kappa shape index (κ1) is 12.4. The van der Waals surface area contributed by atoms with Gasteiger partial charge in [-0.15, -0.1) is 0 Å². The first-order chi connectivity index (χ1) is 8.09. The lowest BCUT2D eigenvalue weighted by Gasteiger charge is -2.37. The topological polar surface area (TPSA) is 49.4 Å². The summed E-state index contributed by atoms with van der Waals surface area (Å²) in [5.74, 6) is 1.14. The van der Waals surface area contributed by atoms with Crippen LogP contribution in [0.2, 0.25) is 0 Å². The lowest BCUT2D eigenvalue weighted by Crippen LogP contribution is -2.60. The van der Waals surface area contributed by atoms with E-state index < -0.39 is 0 Å². The van der Waals surface area contributed by atoms with Crippen molar-refractivity contribution < 1.29 is 9.59 Å². The van der Waals surface area contributed by atoms with E-state index in [0.717, 1.165) is 18.9 Å². The minimum Gasteiger partial charge on any atom is -0.345 e. The fourth-order valence-corrected chi connectivity index (χ4v) is 2.55. The third-order valence-corrected chi connectivity index (χ3v) is 3.68. The maximum atomic E-state index is 11.9. The predicted molar refractivity (Wildman–Crippen MR) is 65.3 cm³/mol. The molecule has 4 nitrogen and oxygen atoms in total. The van der Waals surface area contributed by atoms with E-state index in [0.29, 0.717) is 0 Å². The van der Waals surface area contributed by atoms with Crippen LogP contribution in [0, 0.1) is 11.8 Å². The maximum absolute atomic E-state index is 11.9. The van der Waals surface area contributed by atoms with E-state index in [4.69, 9.17) is 0 Å². The molecule has 1 atom stereocenters. The van der Waals surface area contributed by atoms with Gasteiger partial charge in [-0.3, -0.25) is 9.59 Å². The van der Waals surface area contributed by atoms with Crippen molar-refractivity contribution in [1.29, 1.82) is 0 Å². The smallest absolute Gasteiger partial charge is 0.243 e. The lowest BCUT2D eigenvalue weighted by atomic mass is 9.99. The quantitative estimate of drug-likeness (QED) is 0.781. The number of hydrogen-bond acceptors (Lipinski definition) is 2. The molecule has 1 unspecified atom stereocenters. The Morgan fingerprint density at radius 2 is 2.06 bits per heavy atom. The van der Waals surface area contributed by atoms with E-state index in [9.17, 15) is 9.59 Å². The van der Waals surface area contributed by atoms with Gasteiger partial charge in [-0.2, -0.15) is 0 Å². The van der Waals surface area contributed by atoms with Crippen molar-refractivity contribution in [3.05, 3.63) is 0 Å². The van der Waals surface area contributed by atoms with Crippen molar-refractivity contribution in [3.8, 4) is 0 Å². The molecule has 1 aliphatic carbocycles. The van der Waals surface area contributed by atoms with Crippen LogP contribution in [0.3, 0.4) is 0 Å². The highest BCUT2D eigenvalue weighted by Crippen LogP contribution is 2.33. The van der Waals surface area contributed by atoms with Crippen LogP contribution in [0.5, 0.6) is 0 Å². The molecule has 1 saturated carbocycles. The van der Waals surface area contributed by atoms with Gasteiger partial charge in [0.15, 0.2) is 0 Å². The summed E-state index contributed by atoms with van der Waals surface area (Å²) in [5.41, 5.74) is 0. The first-order valence-corrected chi connectivity index (χ1v) is 6.66. The molecule has 0 aromatic rings. The molecule has 1 heterocycles. The minimum atomic E-state index is -0.268. The van der Waals surface area contributed by atoms with Crippen LogP contribution in [0.4, 0.5) is 0 Å². The van der Waals surface area contributed by atoms with E-state index in [1.54, 1.807) is 4.90 Å². The number of hydrogen-bond donors (Lipinski definition) is 1. The molecule has 2 amide bonds. The molecular formula is C13H22N2O2. The van der Waals surface area contributed by atoms with Gasteiger partial charge in [-0.05, 0) is 24.7 Å². The summed E-state index contributed by atoms with van der Waals surface area (Å²) in [6.45, 7) is 4.91. The molecule has 1 aliphatic heterocycles. The Bertz CT molecular complexity index is 311. The number of rotatable bonds is 5. The highest BCUT2D eigenvalue weighted by atomic mass is 16.2. The van der Waals surface area contributed by atoms with Gasteiger partial charge >= 0.3 is 0 Å². The number of nitrogens with zero attached hydrogens (tertiary/aromatic N) is 1. The standard InChI is InChI=1S/C13H22N2O2/c1-9(2)12-13(17)14-8-11(16)15(12)7-3-4-10-5-6-10/h9-10,12H,3-8H2,1-2H3,(H,14,17). The Morgan fingerprint density at radius 1 is 1.35 bits per heavy atom. The number of nitrogens with one attached hydrogen (secondary N) is 1. The van der Waals surface area contributed by atoms with Crippen molar-refractivity contribution in [1.82, 2.24) is 10.2 Å². The highest BCUT2D eigenvalue weighted by molar-refractivity contribution is 5.94. The van der Waals surface area contributed by atoms with Gasteiger partial charge < -0.3 is 10.2 Å². The summed E-state index contributed by atoms with van der Waals surface area (Å²) < 4.78 is 0. The molecule has 0 radical (unpaired) electrons. The zero-order valence-electron chi connectivity index (χ0n) is 10.7. The van der Waals surface area contributed by atoms with Gasteiger partial charge in [-0.25, -0.2) is 0 Å². The predicted octanol–water partition coefficient (Wildman–Crippen LogP) is 1.16. The molecule has 17 heavy (non-hydrogen) atoms. The molecule has 0 aromatic carbocycles. The molecule has 2 fully saturated rings. The van der Waals surface area contributed by atoms with Crippen molar-refractivity contribution >= 4 is 11.8 Å². The van der Waals surface area contributed by atoms with Gasteiger partial charge in [0.1, 0.15) is 6.04 Å². The zero-order chi connectivity index (χ0) is 12.4. The molecule has 4 heteroatoms. The van der Waals surface area contributed by atoms with Gasteiger partial charge in [0.05, 0.1) is 6.54 Å². The molecule has 2 rings (SSSR count). The highest BCUT2D eigenvalue weighted by Gasteiger charge is 2.36. The van der Waals surface area contributed by atoms with Gasteiger partial charge in [0, 0.05) is 6.54 Å². The van der Waals surface area contributed by atoms with Crippen molar-refractivity contribution in [2.24, 2.45) is 11.8 Å². The van der Waals surface area contributed by atoms with Gasteiger partial charge in [0.25, 0.3) is 0 Å². The molecule has 2 aliphatic rings. The van der Waals surface area contributed by atoms with E-state index in [2.05, 4.69) is 5.32 Å². The second-order valence-electron chi connectivity index (χ2n) is 5.58. The van der Waals surface area contributed by atoms with E-state index in [1.165, 1.54) is 19.3 Å². The Labute approximate surface area is 103 Å². The lowest BCUT2D eigenvalue weighted by molar-refractivity contribution is -0.147. The Morgan fingerprint density at radius 3 is 2.65 bits per heavy atom. The zero-order valence-corrected chi connectivity index (χ0v) is 10.7. The maximum Gasteiger partial charge on any atom is 0.243 e. The summed E-state index contributed by atoms with van der Waals surface area (Å²) in [6.07, 6.45) is 4.94. The van der Waals surface area contributed by atoms with E-state index >= 15 is 0 Å². The van der Waals surface area contributed by atoms with Gasteiger partial charge in [-0.1, -0.05) is 26.7 Å². The van der Waals surface area contributed by atoms with Gasteiger partial charge in [0.2, 0.25) is 11.8 Å². The SMILES string of the molecule is CC(C)C1C(=O)NCC(=O)N1CCCC1CC1. The fraction of sp³-hybridized carbons (Fsp3) is 0.846. The fourth-order valence-electron chi connectivity index (χ4n) is 2.55. The average molecular weight is 238 g/mol. The van der Waals surface area contributed by atoms with Crippen molar-refractivity contribution in [2.45, 2.75) is 45.6 Å². The summed E-state index contributed by atoms with van der Waals surface area (Å²) >= 11 is 0. The normalized spacial score (nSPS) is 25.4. The number of piperazine rings is 1. The molecule has 96 valence electrons. The third-order valence-electron chi connectivity index (χ3n) is 3.68. The minimum absolute atomic E-state index is 0.00558. The molecular weight excluding hydrogens is 216 g/mol. The summed E-state index contributed by atoms with van der Waals surface area (Å²) in [7, 11) is 0. The second-order valence-corrected chi connectivity index (χ2v) is 5.58. The molecule has 0 bridgehead atoms. The second kappa shape index (κ2) is 5.07. The third kappa shape index (κ3) is 2.99. The Hall–Kier alpha value is -1.06. The van der Waals surface area contributed by atoms with Crippen molar-refractivity contribution in [2.75, 3.05) is 13.1 Å². The number of amides is 2. The average Bonchev–Trinajstić information content (AvgIpc) is 3.06. The summed E-state index contributed by atoms with van der Waals surface area (Å²) in [6, 6.07) is -0.268. The first-order valence-electron chi connectivity index (χ1n) is 6.66. The van der Waals surface area contributed by atoms with Crippen molar-refractivity contribution in [3.63, 3.8) is 0 Å². The van der Waals surface area contributed by atoms with E-state index in [1.807, 2.05) is 13.8 Å². The largest absolute Gasteiger partial charge is 0.345 e. The molecule has 1 saturated heterocycles. The summed E-state index contributed by atoms with van der Waals surface area (Å²) in [4.78, 5) is 25.4. The van der Waals surface area contributed by atoms with Crippen LogP contribution in [0.25, 0.3) is 0 Å². The number of carbonyl (C=O) groups is 2. The molecule has 0 aromatic heterocycles. The van der Waals surface area contributed by atoms with Crippen LogP contribution in [0.15, 0.2) is 0 Å². The Kier molecular flexibility index (Phi) is 3.69. The molecule has 1 N–H and O–H groups in total. The summed E-state index contributed by atoms with van der Waals surface area (Å²) in [5, 5.41) is 2.67. The number of carbonyl (C=O) groups excluding carboxylic acids is 2. The van der Waals surface area contributed by atoms with Crippen LogP contribution in [-0.2, 0) is 9.59 Å².